The number of esters is 1. The van der Waals surface area contributed by atoms with Crippen molar-refractivity contribution in [3.8, 4) is 0 Å². The third-order valence-electron chi connectivity index (χ3n) is 2.33. The normalized spacial score (nSPS) is 21.4. The Bertz CT molecular complexity index is 214. The molecule has 0 saturated heterocycles. The van der Waals surface area contributed by atoms with Crippen LogP contribution in [0, 0.1) is 5.41 Å². The molecule has 0 spiro atoms. The lowest BCUT2D eigenvalue weighted by Crippen LogP contribution is -2.20. The van der Waals surface area contributed by atoms with Crippen molar-refractivity contribution in [1.29, 1.82) is 0 Å². The first-order valence-corrected chi connectivity index (χ1v) is 4.32. The van der Waals surface area contributed by atoms with Crippen LogP contribution < -0.4 is 0 Å². The summed E-state index contributed by atoms with van der Waals surface area (Å²) in [5.74, 6) is -0.164. The van der Waals surface area contributed by atoms with E-state index in [0.29, 0.717) is 0 Å². The summed E-state index contributed by atoms with van der Waals surface area (Å²) in [6.07, 6.45) is 5.00. The molecule has 0 aromatic carbocycles. The Hall–Kier alpha value is -0.790. The van der Waals surface area contributed by atoms with Gasteiger partial charge in [-0.15, -0.1) is 0 Å². The molecule has 68 valence electrons. The molecule has 0 aromatic heterocycles. The molecule has 0 radical (unpaired) electrons. The number of hydrogen-bond donors (Lipinski definition) is 0. The van der Waals surface area contributed by atoms with E-state index in [2.05, 4.69) is 18.6 Å². The fourth-order valence-corrected chi connectivity index (χ4v) is 1.60. The Morgan fingerprint density at radius 3 is 2.75 bits per heavy atom. The third kappa shape index (κ3) is 2.10. The molecule has 0 fully saturated rings. The standard InChI is InChI=1S/C10H16O2/c1-10(2)6-4-5-8(7-10)9(11)12-3/h5H,4,6-7H2,1-3H3. The monoisotopic (exact) mass is 168 g/mol. The van der Waals surface area contributed by atoms with Gasteiger partial charge in [-0.2, -0.15) is 0 Å². The lowest BCUT2D eigenvalue weighted by Gasteiger charge is -2.28. The zero-order valence-electron chi connectivity index (χ0n) is 8.02. The van der Waals surface area contributed by atoms with E-state index in [1.807, 2.05) is 6.08 Å². The number of allylic oxidation sites excluding steroid dienone is 1. The van der Waals surface area contributed by atoms with Gasteiger partial charge < -0.3 is 4.74 Å². The number of carbonyl (C=O) groups excluding carboxylic acids is 1. The van der Waals surface area contributed by atoms with Crippen LogP contribution in [0.2, 0.25) is 0 Å². The van der Waals surface area contributed by atoms with Crippen molar-refractivity contribution in [1.82, 2.24) is 0 Å². The minimum Gasteiger partial charge on any atom is -0.466 e. The molecule has 0 atom stereocenters. The van der Waals surface area contributed by atoms with E-state index in [9.17, 15) is 4.79 Å². The van der Waals surface area contributed by atoms with Crippen LogP contribution in [0.4, 0.5) is 0 Å². The molecule has 0 aliphatic heterocycles. The largest absolute Gasteiger partial charge is 0.466 e. The zero-order chi connectivity index (χ0) is 9.19. The minimum absolute atomic E-state index is 0.164. The predicted octanol–water partition coefficient (Wildman–Crippen LogP) is 2.30. The fraction of sp³-hybridized carbons (Fsp3) is 0.700. The Morgan fingerprint density at radius 1 is 1.58 bits per heavy atom. The first kappa shape index (κ1) is 9.30. The van der Waals surface area contributed by atoms with Gasteiger partial charge in [-0.3, -0.25) is 0 Å². The Kier molecular flexibility index (Phi) is 2.55. The number of rotatable bonds is 1. The van der Waals surface area contributed by atoms with Crippen molar-refractivity contribution in [3.63, 3.8) is 0 Å². The maximum Gasteiger partial charge on any atom is 0.333 e. The molecule has 0 heterocycles. The second kappa shape index (κ2) is 3.30. The van der Waals surface area contributed by atoms with E-state index < -0.39 is 0 Å². The minimum atomic E-state index is -0.164. The third-order valence-corrected chi connectivity index (χ3v) is 2.33. The second-order valence-electron chi connectivity index (χ2n) is 4.10. The first-order chi connectivity index (χ1) is 5.55. The number of carbonyl (C=O) groups is 1. The molecule has 2 nitrogen and oxygen atoms in total. The highest BCUT2D eigenvalue weighted by molar-refractivity contribution is 5.88. The van der Waals surface area contributed by atoms with Gasteiger partial charge in [-0.1, -0.05) is 19.9 Å². The summed E-state index contributed by atoms with van der Waals surface area (Å²) in [6.45, 7) is 4.37. The van der Waals surface area contributed by atoms with Crippen molar-refractivity contribution < 1.29 is 9.53 Å². The predicted molar refractivity (Wildman–Crippen MR) is 47.7 cm³/mol. The van der Waals surface area contributed by atoms with E-state index >= 15 is 0 Å². The van der Waals surface area contributed by atoms with Crippen LogP contribution in [0.15, 0.2) is 11.6 Å². The number of ether oxygens (including phenoxy) is 1. The maximum atomic E-state index is 11.2. The summed E-state index contributed by atoms with van der Waals surface area (Å²) in [5, 5.41) is 0. The molecule has 2 heteroatoms. The van der Waals surface area contributed by atoms with Crippen LogP contribution in [0.25, 0.3) is 0 Å². The maximum absolute atomic E-state index is 11.2. The van der Waals surface area contributed by atoms with Gasteiger partial charge in [0, 0.05) is 5.57 Å². The summed E-state index contributed by atoms with van der Waals surface area (Å²) >= 11 is 0. The molecule has 1 aliphatic carbocycles. The van der Waals surface area contributed by atoms with E-state index in [-0.39, 0.29) is 11.4 Å². The van der Waals surface area contributed by atoms with E-state index in [4.69, 9.17) is 0 Å². The van der Waals surface area contributed by atoms with Crippen molar-refractivity contribution in [2.75, 3.05) is 7.11 Å². The van der Waals surface area contributed by atoms with Gasteiger partial charge in [0.15, 0.2) is 0 Å². The molecule has 0 aromatic rings. The van der Waals surface area contributed by atoms with Gasteiger partial charge in [0.05, 0.1) is 7.11 Å². The Morgan fingerprint density at radius 2 is 2.25 bits per heavy atom. The van der Waals surface area contributed by atoms with Gasteiger partial charge in [0.25, 0.3) is 0 Å². The van der Waals surface area contributed by atoms with Gasteiger partial charge in [-0.05, 0) is 24.7 Å². The van der Waals surface area contributed by atoms with Crippen LogP contribution in [0.3, 0.4) is 0 Å². The summed E-state index contributed by atoms with van der Waals surface area (Å²) in [6, 6.07) is 0. The van der Waals surface area contributed by atoms with Crippen LogP contribution in [-0.4, -0.2) is 13.1 Å². The van der Waals surface area contributed by atoms with Crippen LogP contribution >= 0.6 is 0 Å². The van der Waals surface area contributed by atoms with Gasteiger partial charge in [0.1, 0.15) is 0 Å². The van der Waals surface area contributed by atoms with E-state index in [1.54, 1.807) is 0 Å². The molecular formula is C10H16O2. The SMILES string of the molecule is COC(=O)C1=CCCC(C)(C)C1. The molecular weight excluding hydrogens is 152 g/mol. The molecule has 1 aliphatic rings. The van der Waals surface area contributed by atoms with Crippen LogP contribution in [0.5, 0.6) is 0 Å². The number of hydrogen-bond acceptors (Lipinski definition) is 2. The summed E-state index contributed by atoms with van der Waals surface area (Å²) in [5.41, 5.74) is 1.10. The highest BCUT2D eigenvalue weighted by Gasteiger charge is 2.26. The summed E-state index contributed by atoms with van der Waals surface area (Å²) < 4.78 is 4.68. The van der Waals surface area contributed by atoms with Gasteiger partial charge >= 0.3 is 5.97 Å². The van der Waals surface area contributed by atoms with Crippen molar-refractivity contribution in [2.45, 2.75) is 33.1 Å². The molecule has 0 bridgehead atoms. The smallest absolute Gasteiger partial charge is 0.333 e. The van der Waals surface area contributed by atoms with E-state index in [1.165, 1.54) is 7.11 Å². The van der Waals surface area contributed by atoms with Crippen molar-refractivity contribution in [3.05, 3.63) is 11.6 Å². The topological polar surface area (TPSA) is 26.3 Å². The average Bonchev–Trinajstić information content (AvgIpc) is 2.01. The van der Waals surface area contributed by atoms with Crippen molar-refractivity contribution in [2.24, 2.45) is 5.41 Å². The zero-order valence-corrected chi connectivity index (χ0v) is 8.02. The van der Waals surface area contributed by atoms with Crippen LogP contribution in [0.1, 0.15) is 33.1 Å². The first-order valence-electron chi connectivity index (χ1n) is 4.32. The quantitative estimate of drug-likeness (QED) is 0.561. The molecule has 0 unspecified atom stereocenters. The Balaban J connectivity index is 2.68. The Labute approximate surface area is 73.6 Å². The lowest BCUT2D eigenvalue weighted by atomic mass is 9.77. The molecule has 0 amide bonds. The van der Waals surface area contributed by atoms with Crippen molar-refractivity contribution >= 4 is 5.97 Å². The fourth-order valence-electron chi connectivity index (χ4n) is 1.60. The molecule has 1 rings (SSSR count). The van der Waals surface area contributed by atoms with Gasteiger partial charge in [0.2, 0.25) is 0 Å². The second-order valence-corrected chi connectivity index (χ2v) is 4.10. The molecule has 12 heavy (non-hydrogen) atoms. The lowest BCUT2D eigenvalue weighted by molar-refractivity contribution is -0.136. The van der Waals surface area contributed by atoms with E-state index in [0.717, 1.165) is 24.8 Å². The highest BCUT2D eigenvalue weighted by atomic mass is 16.5. The van der Waals surface area contributed by atoms with Gasteiger partial charge in [-0.25, -0.2) is 4.79 Å². The average molecular weight is 168 g/mol. The summed E-state index contributed by atoms with van der Waals surface area (Å²) in [7, 11) is 1.44. The summed E-state index contributed by atoms with van der Waals surface area (Å²) in [4.78, 5) is 11.2. The molecule has 0 saturated carbocycles. The number of methoxy groups -OCH3 is 1. The van der Waals surface area contributed by atoms with Crippen LogP contribution in [-0.2, 0) is 9.53 Å². The highest BCUT2D eigenvalue weighted by Crippen LogP contribution is 2.35. The molecule has 0 N–H and O–H groups in total.